The van der Waals surface area contributed by atoms with Crippen molar-refractivity contribution in [3.05, 3.63) is 158 Å². The predicted molar refractivity (Wildman–Crippen MR) is 170 cm³/mol. The standard InChI is InChI=1S/C38H26N2/c1-3-13-30(14-4-1)39(31-15-5-2-6-16-31)32-22-23-34-29(26-32)20-24-37-38(34)35-17-9-10-18-36(35)40(37)33-21-19-27-11-7-8-12-28(27)25-33/h1-26H. The summed E-state index contributed by atoms with van der Waals surface area (Å²) in [6, 6.07) is 56.7. The maximum atomic E-state index is 2.41. The Hall–Kier alpha value is -5.34. The van der Waals surface area contributed by atoms with E-state index in [9.17, 15) is 0 Å². The van der Waals surface area contributed by atoms with Gasteiger partial charge in [-0.1, -0.05) is 97.1 Å². The van der Waals surface area contributed by atoms with E-state index in [2.05, 4.69) is 167 Å². The minimum Gasteiger partial charge on any atom is -0.310 e. The Labute approximate surface area is 233 Å². The van der Waals surface area contributed by atoms with Crippen molar-refractivity contribution in [2.24, 2.45) is 0 Å². The molecule has 0 amide bonds. The molecular weight excluding hydrogens is 484 g/mol. The highest BCUT2D eigenvalue weighted by atomic mass is 15.1. The Morgan fingerprint density at radius 3 is 1.80 bits per heavy atom. The first-order chi connectivity index (χ1) is 19.8. The molecule has 0 radical (unpaired) electrons. The van der Waals surface area contributed by atoms with Gasteiger partial charge < -0.3 is 9.47 Å². The third-order valence-electron chi connectivity index (χ3n) is 7.91. The van der Waals surface area contributed by atoms with E-state index in [0.29, 0.717) is 0 Å². The van der Waals surface area contributed by atoms with Crippen LogP contribution in [0.15, 0.2) is 158 Å². The summed E-state index contributed by atoms with van der Waals surface area (Å²) in [6.45, 7) is 0. The van der Waals surface area contributed by atoms with Gasteiger partial charge in [0.1, 0.15) is 0 Å². The molecule has 0 saturated carbocycles. The van der Waals surface area contributed by atoms with Crippen LogP contribution in [0.5, 0.6) is 0 Å². The van der Waals surface area contributed by atoms with Crippen LogP contribution in [0.3, 0.4) is 0 Å². The van der Waals surface area contributed by atoms with Gasteiger partial charge >= 0.3 is 0 Å². The highest BCUT2D eigenvalue weighted by molar-refractivity contribution is 6.21. The summed E-state index contributed by atoms with van der Waals surface area (Å²) >= 11 is 0. The number of fused-ring (bicyclic) bond motifs is 6. The monoisotopic (exact) mass is 510 g/mol. The molecule has 0 aliphatic rings. The molecule has 0 fully saturated rings. The van der Waals surface area contributed by atoms with Gasteiger partial charge in [0, 0.05) is 33.5 Å². The van der Waals surface area contributed by atoms with E-state index in [1.54, 1.807) is 0 Å². The van der Waals surface area contributed by atoms with E-state index in [0.717, 1.165) is 17.1 Å². The Balaban J connectivity index is 1.36. The first-order valence-corrected chi connectivity index (χ1v) is 13.7. The summed E-state index contributed by atoms with van der Waals surface area (Å²) < 4.78 is 2.41. The van der Waals surface area contributed by atoms with Gasteiger partial charge in [-0.15, -0.1) is 0 Å². The molecule has 0 aliphatic carbocycles. The minimum absolute atomic E-state index is 1.14. The molecule has 1 aromatic heterocycles. The lowest BCUT2D eigenvalue weighted by Crippen LogP contribution is -2.09. The molecule has 8 aromatic rings. The minimum atomic E-state index is 1.14. The van der Waals surface area contributed by atoms with Gasteiger partial charge in [0.15, 0.2) is 0 Å². The number of rotatable bonds is 4. The average Bonchev–Trinajstić information content (AvgIpc) is 3.37. The zero-order chi connectivity index (χ0) is 26.5. The first-order valence-electron chi connectivity index (χ1n) is 13.7. The van der Waals surface area contributed by atoms with E-state index >= 15 is 0 Å². The van der Waals surface area contributed by atoms with Crippen LogP contribution in [0.4, 0.5) is 17.1 Å². The van der Waals surface area contributed by atoms with E-state index in [-0.39, 0.29) is 0 Å². The fourth-order valence-electron chi connectivity index (χ4n) is 6.12. The average molecular weight is 511 g/mol. The Bertz CT molecular complexity index is 2120. The molecule has 1 heterocycles. The maximum Gasteiger partial charge on any atom is 0.0547 e. The number of hydrogen-bond donors (Lipinski definition) is 0. The fraction of sp³-hybridized carbons (Fsp3) is 0. The van der Waals surface area contributed by atoms with Crippen molar-refractivity contribution in [2.75, 3.05) is 4.90 Å². The molecule has 0 aliphatic heterocycles. The molecule has 0 N–H and O–H groups in total. The van der Waals surface area contributed by atoms with Crippen LogP contribution >= 0.6 is 0 Å². The van der Waals surface area contributed by atoms with Crippen molar-refractivity contribution in [3.63, 3.8) is 0 Å². The van der Waals surface area contributed by atoms with Gasteiger partial charge in [-0.25, -0.2) is 0 Å². The molecular formula is C38H26N2. The van der Waals surface area contributed by atoms with Crippen LogP contribution in [-0.4, -0.2) is 4.57 Å². The Kier molecular flexibility index (Phi) is 5.17. The SMILES string of the molecule is c1ccc(N(c2ccccc2)c2ccc3c(ccc4c3c3ccccc3n4-c3ccc4ccccc4c3)c2)cc1. The van der Waals surface area contributed by atoms with E-state index in [1.165, 1.54) is 49.0 Å². The number of aromatic nitrogens is 1. The second kappa shape index (κ2) is 9.14. The first kappa shape index (κ1) is 22.6. The van der Waals surface area contributed by atoms with Crippen molar-refractivity contribution < 1.29 is 0 Å². The normalized spacial score (nSPS) is 11.5. The summed E-state index contributed by atoms with van der Waals surface area (Å²) in [5, 5.41) is 7.55. The summed E-state index contributed by atoms with van der Waals surface area (Å²) in [5.74, 6) is 0. The quantitative estimate of drug-likeness (QED) is 0.229. The van der Waals surface area contributed by atoms with Crippen LogP contribution in [0.2, 0.25) is 0 Å². The molecule has 8 rings (SSSR count). The topological polar surface area (TPSA) is 8.17 Å². The predicted octanol–water partition coefficient (Wildman–Crippen LogP) is 10.6. The van der Waals surface area contributed by atoms with Gasteiger partial charge in [-0.2, -0.15) is 0 Å². The van der Waals surface area contributed by atoms with Crippen molar-refractivity contribution >= 4 is 60.4 Å². The molecule has 40 heavy (non-hydrogen) atoms. The molecule has 0 spiro atoms. The second-order valence-corrected chi connectivity index (χ2v) is 10.3. The number of nitrogens with zero attached hydrogens (tertiary/aromatic N) is 2. The number of benzene rings is 7. The zero-order valence-corrected chi connectivity index (χ0v) is 21.9. The number of hydrogen-bond acceptors (Lipinski definition) is 1. The summed E-state index contributed by atoms with van der Waals surface area (Å²) in [6.07, 6.45) is 0. The molecule has 2 heteroatoms. The lowest BCUT2D eigenvalue weighted by Gasteiger charge is -2.25. The van der Waals surface area contributed by atoms with Gasteiger partial charge in [-0.05, 0) is 82.2 Å². The van der Waals surface area contributed by atoms with Crippen molar-refractivity contribution in [3.8, 4) is 5.69 Å². The maximum absolute atomic E-state index is 2.41. The highest BCUT2D eigenvalue weighted by Gasteiger charge is 2.17. The summed E-state index contributed by atoms with van der Waals surface area (Å²) in [5.41, 5.74) is 7.05. The molecule has 0 unspecified atom stereocenters. The van der Waals surface area contributed by atoms with Crippen molar-refractivity contribution in [2.45, 2.75) is 0 Å². The van der Waals surface area contributed by atoms with Crippen LogP contribution < -0.4 is 4.90 Å². The molecule has 2 nitrogen and oxygen atoms in total. The van der Waals surface area contributed by atoms with Crippen LogP contribution in [0.25, 0.3) is 49.0 Å². The van der Waals surface area contributed by atoms with Crippen LogP contribution in [0, 0.1) is 0 Å². The third-order valence-corrected chi connectivity index (χ3v) is 7.91. The van der Waals surface area contributed by atoms with Crippen LogP contribution in [-0.2, 0) is 0 Å². The third kappa shape index (κ3) is 3.58. The largest absolute Gasteiger partial charge is 0.310 e. The summed E-state index contributed by atoms with van der Waals surface area (Å²) in [7, 11) is 0. The Morgan fingerprint density at radius 1 is 0.375 bits per heavy atom. The van der Waals surface area contributed by atoms with Crippen molar-refractivity contribution in [1.82, 2.24) is 4.57 Å². The smallest absolute Gasteiger partial charge is 0.0547 e. The van der Waals surface area contributed by atoms with Crippen LogP contribution in [0.1, 0.15) is 0 Å². The van der Waals surface area contributed by atoms with Gasteiger partial charge in [-0.3, -0.25) is 0 Å². The Morgan fingerprint density at radius 2 is 1.02 bits per heavy atom. The van der Waals surface area contributed by atoms with Crippen molar-refractivity contribution in [1.29, 1.82) is 0 Å². The molecule has 7 aromatic carbocycles. The lowest BCUT2D eigenvalue weighted by molar-refractivity contribution is 1.19. The van der Waals surface area contributed by atoms with E-state index in [4.69, 9.17) is 0 Å². The van der Waals surface area contributed by atoms with E-state index < -0.39 is 0 Å². The molecule has 188 valence electrons. The lowest BCUT2D eigenvalue weighted by atomic mass is 10.0. The zero-order valence-electron chi connectivity index (χ0n) is 21.9. The fourth-order valence-corrected chi connectivity index (χ4v) is 6.12. The molecule has 0 saturated heterocycles. The highest BCUT2D eigenvalue weighted by Crippen LogP contribution is 2.40. The molecule has 0 atom stereocenters. The van der Waals surface area contributed by atoms with E-state index in [1.807, 2.05) is 0 Å². The molecule has 0 bridgehead atoms. The summed E-state index contributed by atoms with van der Waals surface area (Å²) in [4.78, 5) is 2.32. The number of para-hydroxylation sites is 3. The van der Waals surface area contributed by atoms with Gasteiger partial charge in [0.25, 0.3) is 0 Å². The number of anilines is 3. The van der Waals surface area contributed by atoms with Gasteiger partial charge in [0.2, 0.25) is 0 Å². The second-order valence-electron chi connectivity index (χ2n) is 10.3. The van der Waals surface area contributed by atoms with Gasteiger partial charge in [0.05, 0.1) is 11.0 Å².